The lowest BCUT2D eigenvalue weighted by molar-refractivity contribution is -0.200. The Morgan fingerprint density at radius 2 is 1.95 bits per heavy atom. The van der Waals surface area contributed by atoms with Crippen molar-refractivity contribution in [1.29, 1.82) is 0 Å². The Morgan fingerprint density at radius 1 is 1.15 bits per heavy atom. The van der Waals surface area contributed by atoms with Gasteiger partial charge in [0.05, 0.1) is 31.3 Å². The number of phenolic OH excluding ortho intramolecular Hbond substituents is 1. The molecule has 3 fully saturated rings. The van der Waals surface area contributed by atoms with Gasteiger partial charge in [0.25, 0.3) is 0 Å². The van der Waals surface area contributed by atoms with E-state index in [0.29, 0.717) is 30.1 Å². The smallest absolute Gasteiger partial charge is 0.246 e. The molecule has 2 aromatic carbocycles. The van der Waals surface area contributed by atoms with E-state index in [9.17, 15) is 15.0 Å². The quantitative estimate of drug-likeness (QED) is 0.514. The number of phenols is 1. The highest BCUT2D eigenvalue weighted by Gasteiger charge is 2.73. The van der Waals surface area contributed by atoms with Crippen molar-refractivity contribution in [3.05, 3.63) is 53.1 Å². The van der Waals surface area contributed by atoms with Gasteiger partial charge in [0.15, 0.2) is 23.0 Å². The van der Waals surface area contributed by atoms with Crippen LogP contribution in [0.25, 0.3) is 6.08 Å². The second-order valence-corrected chi connectivity index (χ2v) is 12.3. The predicted octanol–water partition coefficient (Wildman–Crippen LogP) is 3.51. The number of piperidine rings is 1. The maximum absolute atomic E-state index is 13.5. The number of aromatic hydroxyl groups is 1. The lowest BCUT2D eigenvalue weighted by atomic mass is 9.48. The van der Waals surface area contributed by atoms with Crippen molar-refractivity contribution in [2.45, 2.75) is 67.7 Å². The third kappa shape index (κ3) is 3.54. The summed E-state index contributed by atoms with van der Waals surface area (Å²) >= 11 is 0. The van der Waals surface area contributed by atoms with Crippen molar-refractivity contribution < 1.29 is 29.2 Å². The number of aliphatic hydroxyl groups is 1. The molecule has 2 saturated carbocycles. The van der Waals surface area contributed by atoms with Crippen LogP contribution in [0.1, 0.15) is 48.8 Å². The summed E-state index contributed by atoms with van der Waals surface area (Å²) in [7, 11) is 5.00. The van der Waals surface area contributed by atoms with Crippen molar-refractivity contribution in [3.8, 4) is 23.0 Å². The zero-order chi connectivity index (χ0) is 27.8. The first-order valence-corrected chi connectivity index (χ1v) is 14.5. The molecule has 3 aliphatic carbocycles. The Balaban J connectivity index is 1.21. The molecule has 1 saturated heterocycles. The molecule has 1 spiro atoms. The third-order valence-electron chi connectivity index (χ3n) is 10.4. The summed E-state index contributed by atoms with van der Waals surface area (Å²) in [5, 5.41) is 23.5. The van der Waals surface area contributed by atoms with Crippen LogP contribution < -0.4 is 14.2 Å². The second-order valence-electron chi connectivity index (χ2n) is 12.3. The molecule has 2 bridgehead atoms. The maximum Gasteiger partial charge on any atom is 0.246 e. The Hall–Kier alpha value is -3.23. The van der Waals surface area contributed by atoms with Crippen LogP contribution in [-0.4, -0.2) is 84.1 Å². The van der Waals surface area contributed by atoms with E-state index in [1.54, 1.807) is 37.3 Å². The third-order valence-corrected chi connectivity index (χ3v) is 10.4. The van der Waals surface area contributed by atoms with E-state index in [-0.39, 0.29) is 23.7 Å². The van der Waals surface area contributed by atoms with Crippen LogP contribution in [0, 0.1) is 5.92 Å². The average molecular weight is 547 g/mol. The zero-order valence-corrected chi connectivity index (χ0v) is 23.4. The van der Waals surface area contributed by atoms with Crippen molar-refractivity contribution in [1.82, 2.24) is 9.80 Å². The molecule has 5 atom stereocenters. The number of methoxy groups -OCH3 is 2. The molecule has 0 aromatic heterocycles. The molecule has 40 heavy (non-hydrogen) atoms. The van der Waals surface area contributed by atoms with Crippen molar-refractivity contribution in [2.75, 3.05) is 34.4 Å². The van der Waals surface area contributed by atoms with Crippen molar-refractivity contribution in [3.63, 3.8) is 0 Å². The lowest BCUT2D eigenvalue weighted by Gasteiger charge is -2.64. The highest BCUT2D eigenvalue weighted by atomic mass is 16.5. The minimum absolute atomic E-state index is 0.0165. The van der Waals surface area contributed by atoms with Gasteiger partial charge < -0.3 is 29.3 Å². The molecule has 0 unspecified atom stereocenters. The largest absolute Gasteiger partial charge is 0.504 e. The molecule has 1 amide bonds. The summed E-state index contributed by atoms with van der Waals surface area (Å²) in [4.78, 5) is 17.8. The second kappa shape index (κ2) is 9.14. The number of hydrogen-bond donors (Lipinski definition) is 2. The molecule has 2 aromatic rings. The minimum atomic E-state index is -0.966. The highest BCUT2D eigenvalue weighted by molar-refractivity contribution is 5.92. The number of nitrogens with zero attached hydrogens (tertiary/aromatic N) is 2. The van der Waals surface area contributed by atoms with E-state index in [1.807, 2.05) is 31.3 Å². The number of amides is 1. The Morgan fingerprint density at radius 3 is 2.70 bits per heavy atom. The van der Waals surface area contributed by atoms with E-state index >= 15 is 0 Å². The van der Waals surface area contributed by atoms with Gasteiger partial charge in [-0.05, 0) is 86.4 Å². The number of likely N-dealkylation sites (tertiary alicyclic amines) is 1. The fraction of sp³-hybridized carbons (Fsp3) is 0.531. The Labute approximate surface area is 235 Å². The molecule has 8 heteroatoms. The molecule has 0 radical (unpaired) electrons. The van der Waals surface area contributed by atoms with Gasteiger partial charge in [-0.2, -0.15) is 0 Å². The molecule has 5 aliphatic rings. The van der Waals surface area contributed by atoms with E-state index in [2.05, 4.69) is 4.90 Å². The number of ether oxygens (including phenoxy) is 3. The molecular weight excluding hydrogens is 508 g/mol. The summed E-state index contributed by atoms with van der Waals surface area (Å²) in [6.45, 7) is 1.93. The summed E-state index contributed by atoms with van der Waals surface area (Å²) in [5.74, 6) is 2.45. The van der Waals surface area contributed by atoms with E-state index in [0.717, 1.165) is 48.5 Å². The Kier molecular flexibility index (Phi) is 5.88. The number of hydrogen-bond acceptors (Lipinski definition) is 7. The summed E-state index contributed by atoms with van der Waals surface area (Å²) in [6, 6.07) is 9.04. The lowest BCUT2D eigenvalue weighted by Crippen LogP contribution is -2.78. The van der Waals surface area contributed by atoms with Gasteiger partial charge in [0.2, 0.25) is 5.91 Å². The van der Waals surface area contributed by atoms with E-state index in [1.165, 1.54) is 12.8 Å². The van der Waals surface area contributed by atoms with Crippen LogP contribution >= 0.6 is 0 Å². The number of likely N-dealkylation sites (N-methyl/N-ethyl adjacent to an activating group) is 1. The molecule has 8 nitrogen and oxygen atoms in total. The van der Waals surface area contributed by atoms with Gasteiger partial charge in [-0.25, -0.2) is 0 Å². The van der Waals surface area contributed by atoms with Gasteiger partial charge in [-0.3, -0.25) is 9.69 Å². The van der Waals surface area contributed by atoms with E-state index < -0.39 is 17.1 Å². The van der Waals surface area contributed by atoms with Crippen LogP contribution in [0.5, 0.6) is 23.0 Å². The average Bonchev–Trinajstić information content (AvgIpc) is 3.71. The van der Waals surface area contributed by atoms with Gasteiger partial charge in [0.1, 0.15) is 6.10 Å². The first-order valence-electron chi connectivity index (χ1n) is 14.5. The predicted molar refractivity (Wildman–Crippen MR) is 150 cm³/mol. The fourth-order valence-electron chi connectivity index (χ4n) is 8.26. The fourth-order valence-corrected chi connectivity index (χ4v) is 8.26. The summed E-state index contributed by atoms with van der Waals surface area (Å²) < 4.78 is 17.3. The van der Waals surface area contributed by atoms with Crippen molar-refractivity contribution >= 4 is 12.0 Å². The first-order chi connectivity index (χ1) is 19.3. The zero-order valence-electron chi connectivity index (χ0n) is 23.4. The number of rotatable bonds is 7. The standard InChI is InChI=1S/C32H38N2O6/c1-33(27(36)11-7-19-6-10-24(38-2)25(16-19)39-3)22-12-13-32(37)26-17-21-8-9-23(35)29-28(21)31(32,30(22)40-29)14-15-34(26)18-20-4-5-20/h6-11,16,20,22,26,30,35,37H,4-5,12-15,17-18H2,1-3H3/t22-,26+,30-,31-,32+/m0/s1. The van der Waals surface area contributed by atoms with Gasteiger partial charge in [-0.15, -0.1) is 0 Å². The number of carbonyl (C=O) groups is 1. The SMILES string of the molecule is COc1ccc(C=CC(=O)N(C)[C@H]2CC[C@@]3(O)[C@H]4Cc5ccc(O)c6c5[C@@]3(CCN4CC3CC3)[C@H]2O6)cc1OC. The summed E-state index contributed by atoms with van der Waals surface area (Å²) in [6.07, 6.45) is 8.21. The van der Waals surface area contributed by atoms with Gasteiger partial charge in [0, 0.05) is 31.3 Å². The van der Waals surface area contributed by atoms with Gasteiger partial charge in [-0.1, -0.05) is 12.1 Å². The molecule has 2 aliphatic heterocycles. The van der Waals surface area contributed by atoms with Crippen LogP contribution in [-0.2, 0) is 16.6 Å². The van der Waals surface area contributed by atoms with Gasteiger partial charge >= 0.3 is 0 Å². The molecule has 212 valence electrons. The number of carbonyl (C=O) groups excluding carboxylic acids is 1. The van der Waals surface area contributed by atoms with Crippen LogP contribution in [0.15, 0.2) is 36.4 Å². The first kappa shape index (κ1) is 25.7. The minimum Gasteiger partial charge on any atom is -0.504 e. The molecule has 2 N–H and O–H groups in total. The number of benzene rings is 2. The molecule has 2 heterocycles. The van der Waals surface area contributed by atoms with Crippen LogP contribution in [0.2, 0.25) is 0 Å². The molecule has 7 rings (SSSR count). The van der Waals surface area contributed by atoms with Crippen LogP contribution in [0.4, 0.5) is 0 Å². The summed E-state index contributed by atoms with van der Waals surface area (Å²) in [5.41, 5.74) is 1.35. The monoisotopic (exact) mass is 546 g/mol. The topological polar surface area (TPSA) is 91.7 Å². The Bertz CT molecular complexity index is 1390. The van der Waals surface area contributed by atoms with Crippen LogP contribution in [0.3, 0.4) is 0 Å². The highest BCUT2D eigenvalue weighted by Crippen LogP contribution is 2.66. The van der Waals surface area contributed by atoms with E-state index in [4.69, 9.17) is 14.2 Å². The molecular formula is C32H38N2O6. The normalized spacial score (nSPS) is 31.9. The van der Waals surface area contributed by atoms with Crippen molar-refractivity contribution in [2.24, 2.45) is 5.92 Å². The maximum atomic E-state index is 13.5.